The van der Waals surface area contributed by atoms with Crippen LogP contribution in [0.1, 0.15) is 43.1 Å². The van der Waals surface area contributed by atoms with Crippen molar-refractivity contribution in [2.24, 2.45) is 5.41 Å². The van der Waals surface area contributed by atoms with Crippen molar-refractivity contribution in [3.05, 3.63) is 35.4 Å². The van der Waals surface area contributed by atoms with E-state index in [1.807, 2.05) is 24.3 Å². The molecule has 1 rings (SSSR count). The van der Waals surface area contributed by atoms with Gasteiger partial charge in [0, 0.05) is 5.56 Å². The quantitative estimate of drug-likeness (QED) is 0.667. The van der Waals surface area contributed by atoms with Gasteiger partial charge in [0.25, 0.3) is 0 Å². The highest BCUT2D eigenvalue weighted by molar-refractivity contribution is 5.77. The number of hydrogen-bond donors (Lipinski definition) is 0. The van der Waals surface area contributed by atoms with Crippen LogP contribution >= 0.6 is 0 Å². The van der Waals surface area contributed by atoms with Crippen molar-refractivity contribution in [2.75, 3.05) is 0 Å². The fourth-order valence-corrected chi connectivity index (χ4v) is 1.39. The molecule has 0 aromatic heterocycles. The van der Waals surface area contributed by atoms with E-state index in [9.17, 15) is 4.79 Å². The summed E-state index contributed by atoms with van der Waals surface area (Å²) in [6.45, 7) is 6.66. The summed E-state index contributed by atoms with van der Waals surface area (Å²) in [4.78, 5) is 10.8. The Bertz CT molecular complexity index is 307. The van der Waals surface area contributed by atoms with E-state index in [0.29, 0.717) is 5.41 Å². The second kappa shape index (κ2) is 4.41. The van der Waals surface area contributed by atoms with Crippen LogP contribution in [0.2, 0.25) is 0 Å². The molecule has 14 heavy (non-hydrogen) atoms. The summed E-state index contributed by atoms with van der Waals surface area (Å²) < 4.78 is 0. The van der Waals surface area contributed by atoms with Crippen LogP contribution in [0, 0.1) is 5.41 Å². The molecule has 0 heterocycles. The highest BCUT2D eigenvalue weighted by Gasteiger charge is 2.11. The van der Waals surface area contributed by atoms with Gasteiger partial charge in [0.2, 0.25) is 0 Å². The molecule has 1 nitrogen and oxygen atoms in total. The first kappa shape index (κ1) is 11.0. The third-order valence-corrected chi connectivity index (χ3v) is 2.33. The molecular weight excluding hydrogens is 172 g/mol. The highest BCUT2D eigenvalue weighted by atomic mass is 16.1. The Labute approximate surface area is 86.1 Å². The van der Waals surface area contributed by atoms with E-state index in [4.69, 9.17) is 0 Å². The third-order valence-electron chi connectivity index (χ3n) is 2.33. The van der Waals surface area contributed by atoms with Crippen LogP contribution in [0.4, 0.5) is 0 Å². The molecule has 0 aliphatic carbocycles. The van der Waals surface area contributed by atoms with E-state index in [1.165, 1.54) is 0 Å². The number of aryl methyl sites for hydroxylation is 1. The molecule has 0 unspecified atom stereocenters. The second-order valence-corrected chi connectivity index (χ2v) is 4.88. The number of rotatable bonds is 3. The van der Waals surface area contributed by atoms with Crippen molar-refractivity contribution in [2.45, 2.75) is 33.6 Å². The zero-order valence-electron chi connectivity index (χ0n) is 9.21. The Hall–Kier alpha value is -1.11. The summed E-state index contributed by atoms with van der Waals surface area (Å²) in [7, 11) is 0. The zero-order valence-corrected chi connectivity index (χ0v) is 9.21. The van der Waals surface area contributed by atoms with E-state index in [1.54, 1.807) is 0 Å². The van der Waals surface area contributed by atoms with Crippen molar-refractivity contribution >= 4 is 6.29 Å². The SMILES string of the molecule is CC(C)(C)CCc1ccccc1C=O. The summed E-state index contributed by atoms with van der Waals surface area (Å²) in [5, 5.41) is 0. The normalized spacial score (nSPS) is 11.4. The average Bonchev–Trinajstić information content (AvgIpc) is 2.14. The predicted molar refractivity (Wildman–Crippen MR) is 59.6 cm³/mol. The molecule has 1 aromatic rings. The van der Waals surface area contributed by atoms with Crippen molar-refractivity contribution in [1.82, 2.24) is 0 Å². The molecule has 0 aliphatic heterocycles. The lowest BCUT2D eigenvalue weighted by atomic mass is 9.88. The van der Waals surface area contributed by atoms with E-state index in [-0.39, 0.29) is 0 Å². The molecule has 0 radical (unpaired) electrons. The Kier molecular flexibility index (Phi) is 3.45. The number of carbonyl (C=O) groups excluding carboxylic acids is 1. The molecule has 0 aliphatic rings. The Balaban J connectivity index is 2.71. The first-order chi connectivity index (χ1) is 6.53. The van der Waals surface area contributed by atoms with E-state index >= 15 is 0 Å². The van der Waals surface area contributed by atoms with Gasteiger partial charge < -0.3 is 0 Å². The third kappa shape index (κ3) is 3.33. The first-order valence-electron chi connectivity index (χ1n) is 5.06. The lowest BCUT2D eigenvalue weighted by Gasteiger charge is -2.18. The number of aldehydes is 1. The molecule has 0 fully saturated rings. The summed E-state index contributed by atoms with van der Waals surface area (Å²) >= 11 is 0. The molecule has 0 saturated heterocycles. The van der Waals surface area contributed by atoms with Crippen LogP contribution in [0.15, 0.2) is 24.3 Å². The topological polar surface area (TPSA) is 17.1 Å². The first-order valence-corrected chi connectivity index (χ1v) is 5.06. The van der Waals surface area contributed by atoms with Gasteiger partial charge in [-0.1, -0.05) is 45.0 Å². The minimum absolute atomic E-state index is 0.329. The van der Waals surface area contributed by atoms with Gasteiger partial charge >= 0.3 is 0 Å². The Morgan fingerprint density at radius 1 is 1.21 bits per heavy atom. The van der Waals surface area contributed by atoms with E-state index < -0.39 is 0 Å². The summed E-state index contributed by atoms with van der Waals surface area (Å²) in [6.07, 6.45) is 3.04. The Morgan fingerprint density at radius 3 is 2.43 bits per heavy atom. The van der Waals surface area contributed by atoms with Crippen LogP contribution in [-0.4, -0.2) is 6.29 Å². The number of carbonyl (C=O) groups is 1. The smallest absolute Gasteiger partial charge is 0.150 e. The lowest BCUT2D eigenvalue weighted by molar-refractivity contribution is 0.112. The van der Waals surface area contributed by atoms with Gasteiger partial charge in [0.1, 0.15) is 6.29 Å². The predicted octanol–water partition coefficient (Wildman–Crippen LogP) is 3.48. The van der Waals surface area contributed by atoms with Gasteiger partial charge in [-0.05, 0) is 23.8 Å². The minimum Gasteiger partial charge on any atom is -0.298 e. The largest absolute Gasteiger partial charge is 0.298 e. The number of benzene rings is 1. The van der Waals surface area contributed by atoms with Gasteiger partial charge in [-0.15, -0.1) is 0 Å². The van der Waals surface area contributed by atoms with Gasteiger partial charge in [-0.3, -0.25) is 4.79 Å². The fraction of sp³-hybridized carbons (Fsp3) is 0.462. The van der Waals surface area contributed by atoms with Crippen molar-refractivity contribution in [1.29, 1.82) is 0 Å². The van der Waals surface area contributed by atoms with Crippen molar-refractivity contribution in [3.63, 3.8) is 0 Å². The summed E-state index contributed by atoms with van der Waals surface area (Å²) in [6, 6.07) is 7.82. The van der Waals surface area contributed by atoms with Crippen LogP contribution in [0.3, 0.4) is 0 Å². The van der Waals surface area contributed by atoms with Crippen LogP contribution in [0.25, 0.3) is 0 Å². The molecule has 1 aromatic carbocycles. The Morgan fingerprint density at radius 2 is 1.86 bits per heavy atom. The number of hydrogen-bond acceptors (Lipinski definition) is 1. The standard InChI is InChI=1S/C13H18O/c1-13(2,3)9-8-11-6-4-5-7-12(11)10-14/h4-7,10H,8-9H2,1-3H3. The summed E-state index contributed by atoms with van der Waals surface area (Å²) in [5.74, 6) is 0. The minimum atomic E-state index is 0.329. The molecule has 1 heteroatoms. The van der Waals surface area contributed by atoms with Crippen LogP contribution < -0.4 is 0 Å². The molecule has 0 amide bonds. The van der Waals surface area contributed by atoms with Gasteiger partial charge in [-0.25, -0.2) is 0 Å². The fourth-order valence-electron chi connectivity index (χ4n) is 1.39. The van der Waals surface area contributed by atoms with Crippen LogP contribution in [0.5, 0.6) is 0 Å². The van der Waals surface area contributed by atoms with Crippen molar-refractivity contribution < 1.29 is 4.79 Å². The maximum atomic E-state index is 10.8. The second-order valence-electron chi connectivity index (χ2n) is 4.88. The highest BCUT2D eigenvalue weighted by Crippen LogP contribution is 2.22. The molecule has 0 atom stereocenters. The van der Waals surface area contributed by atoms with Gasteiger partial charge in [-0.2, -0.15) is 0 Å². The van der Waals surface area contributed by atoms with Gasteiger partial charge in [0.05, 0.1) is 0 Å². The lowest BCUT2D eigenvalue weighted by Crippen LogP contribution is -2.07. The van der Waals surface area contributed by atoms with Crippen LogP contribution in [-0.2, 0) is 6.42 Å². The maximum absolute atomic E-state index is 10.8. The maximum Gasteiger partial charge on any atom is 0.150 e. The molecule has 0 saturated carbocycles. The molecule has 0 N–H and O–H groups in total. The monoisotopic (exact) mass is 190 g/mol. The average molecular weight is 190 g/mol. The van der Waals surface area contributed by atoms with E-state index in [0.717, 1.165) is 30.3 Å². The molecule has 76 valence electrons. The zero-order chi connectivity index (χ0) is 10.6. The molecular formula is C13H18O. The van der Waals surface area contributed by atoms with Crippen molar-refractivity contribution in [3.8, 4) is 0 Å². The van der Waals surface area contributed by atoms with E-state index in [2.05, 4.69) is 20.8 Å². The molecule has 0 spiro atoms. The molecule has 0 bridgehead atoms. The summed E-state index contributed by atoms with van der Waals surface area (Å²) in [5.41, 5.74) is 2.32. The van der Waals surface area contributed by atoms with Gasteiger partial charge in [0.15, 0.2) is 0 Å².